The molecule has 10 heteroatoms. The van der Waals surface area contributed by atoms with Gasteiger partial charge in [-0.2, -0.15) is 17.0 Å². The number of hydrogen-bond acceptors (Lipinski definition) is 5. The second kappa shape index (κ2) is 11.3. The lowest BCUT2D eigenvalue weighted by Gasteiger charge is -2.08. The summed E-state index contributed by atoms with van der Waals surface area (Å²) in [4.78, 5) is 22.2. The smallest absolute Gasteiger partial charge is 0.251 e. The van der Waals surface area contributed by atoms with Gasteiger partial charge in [0.05, 0.1) is 18.6 Å². The van der Waals surface area contributed by atoms with Gasteiger partial charge in [-0.1, -0.05) is 0 Å². The van der Waals surface area contributed by atoms with E-state index in [2.05, 4.69) is 30.9 Å². The number of aromatic nitrogens is 2. The van der Waals surface area contributed by atoms with E-state index in [4.69, 9.17) is 5.26 Å². The van der Waals surface area contributed by atoms with Crippen LogP contribution in [0.3, 0.4) is 0 Å². The van der Waals surface area contributed by atoms with E-state index in [9.17, 15) is 9.18 Å². The van der Waals surface area contributed by atoms with Crippen molar-refractivity contribution in [3.05, 3.63) is 17.7 Å². The minimum Gasteiger partial charge on any atom is -0.354 e. The van der Waals surface area contributed by atoms with E-state index in [0.717, 1.165) is 22.9 Å². The third kappa shape index (κ3) is 8.06. The number of imidazole rings is 1. The summed E-state index contributed by atoms with van der Waals surface area (Å²) in [6.07, 6.45) is 3.46. The highest BCUT2D eigenvalue weighted by atomic mass is 32.2. The van der Waals surface area contributed by atoms with Crippen LogP contribution >= 0.6 is 11.8 Å². The summed E-state index contributed by atoms with van der Waals surface area (Å²) in [5.41, 5.74) is 2.08. The number of nitrogens with one attached hydrogen (secondary N) is 4. The number of carbonyl (C=O) groups is 1. The maximum atomic E-state index is 11.9. The SMILES string of the molecule is Cc1[nH]cnc1CSCCN=C(NC#N)NCCNC(=O)CF. The summed E-state index contributed by atoms with van der Waals surface area (Å²) in [6, 6.07) is 0. The van der Waals surface area contributed by atoms with Crippen LogP contribution in [0.5, 0.6) is 0 Å². The predicted octanol–water partition coefficient (Wildman–Crippen LogP) is 0.0533. The summed E-state index contributed by atoms with van der Waals surface area (Å²) in [5.74, 6) is 1.25. The number of nitrogens with zero attached hydrogens (tertiary/aromatic N) is 3. The fourth-order valence-corrected chi connectivity index (χ4v) is 2.40. The fourth-order valence-electron chi connectivity index (χ4n) is 1.55. The molecule has 0 saturated heterocycles. The summed E-state index contributed by atoms with van der Waals surface area (Å²) >= 11 is 1.69. The Morgan fingerprint density at radius 3 is 2.96 bits per heavy atom. The Kier molecular flexibility index (Phi) is 9.23. The Balaban J connectivity index is 2.22. The van der Waals surface area contributed by atoms with Gasteiger partial charge in [0.15, 0.2) is 12.9 Å². The molecule has 0 aromatic carbocycles. The molecule has 0 spiro atoms. The van der Waals surface area contributed by atoms with Crippen LogP contribution in [0.1, 0.15) is 11.4 Å². The highest BCUT2D eigenvalue weighted by Gasteiger charge is 2.02. The number of aliphatic imine (C=N–C) groups is 1. The van der Waals surface area contributed by atoms with Crippen molar-refractivity contribution in [2.45, 2.75) is 12.7 Å². The van der Waals surface area contributed by atoms with Crippen molar-refractivity contribution in [2.24, 2.45) is 4.99 Å². The Labute approximate surface area is 138 Å². The van der Waals surface area contributed by atoms with Gasteiger partial charge < -0.3 is 15.6 Å². The zero-order valence-electron chi connectivity index (χ0n) is 12.9. The number of aromatic amines is 1. The molecule has 4 N–H and O–H groups in total. The number of halogens is 1. The van der Waals surface area contributed by atoms with Crippen LogP contribution in [0.15, 0.2) is 11.3 Å². The lowest BCUT2D eigenvalue weighted by molar-refractivity contribution is -0.121. The Hall–Kier alpha value is -2.28. The molecular weight excluding hydrogens is 321 g/mol. The number of carbonyl (C=O) groups excluding carboxylic acids is 1. The average molecular weight is 341 g/mol. The van der Waals surface area contributed by atoms with Gasteiger partial charge in [0.2, 0.25) is 5.96 Å². The average Bonchev–Trinajstić information content (AvgIpc) is 2.95. The lowest BCUT2D eigenvalue weighted by Crippen LogP contribution is -2.40. The van der Waals surface area contributed by atoms with Crippen LogP contribution in [0.25, 0.3) is 0 Å². The Bertz CT molecular complexity index is 555. The molecule has 1 aromatic heterocycles. The van der Waals surface area contributed by atoms with Gasteiger partial charge in [-0.05, 0) is 6.92 Å². The summed E-state index contributed by atoms with van der Waals surface area (Å²) in [5, 5.41) is 16.3. The molecule has 0 fully saturated rings. The van der Waals surface area contributed by atoms with E-state index in [0.29, 0.717) is 19.0 Å². The molecule has 1 heterocycles. The second-order valence-electron chi connectivity index (χ2n) is 4.40. The van der Waals surface area contributed by atoms with Gasteiger partial charge in [-0.3, -0.25) is 15.1 Å². The predicted molar refractivity (Wildman–Crippen MR) is 87.5 cm³/mol. The molecule has 126 valence electrons. The van der Waals surface area contributed by atoms with Crippen LogP contribution in [0.2, 0.25) is 0 Å². The van der Waals surface area contributed by atoms with Crippen molar-refractivity contribution in [2.75, 3.05) is 32.1 Å². The fraction of sp³-hybridized carbons (Fsp3) is 0.538. The number of hydrogen-bond donors (Lipinski definition) is 4. The molecule has 1 aromatic rings. The van der Waals surface area contributed by atoms with E-state index < -0.39 is 12.6 Å². The van der Waals surface area contributed by atoms with Crippen molar-refractivity contribution < 1.29 is 9.18 Å². The number of H-pyrrole nitrogens is 1. The Morgan fingerprint density at radius 2 is 2.30 bits per heavy atom. The lowest BCUT2D eigenvalue weighted by atomic mass is 10.4. The third-order valence-corrected chi connectivity index (χ3v) is 3.66. The summed E-state index contributed by atoms with van der Waals surface area (Å²) in [6.45, 7) is 2.06. The normalized spacial score (nSPS) is 10.9. The van der Waals surface area contributed by atoms with E-state index in [-0.39, 0.29) is 6.54 Å². The molecule has 0 radical (unpaired) electrons. The monoisotopic (exact) mass is 341 g/mol. The maximum absolute atomic E-state index is 11.9. The van der Waals surface area contributed by atoms with Gasteiger partial charge in [-0.25, -0.2) is 9.37 Å². The molecule has 8 nitrogen and oxygen atoms in total. The third-order valence-electron chi connectivity index (χ3n) is 2.71. The zero-order valence-corrected chi connectivity index (χ0v) is 13.7. The summed E-state index contributed by atoms with van der Waals surface area (Å²) < 4.78 is 11.9. The van der Waals surface area contributed by atoms with E-state index >= 15 is 0 Å². The number of aryl methyl sites for hydroxylation is 1. The largest absolute Gasteiger partial charge is 0.354 e. The molecule has 0 unspecified atom stereocenters. The first kappa shape index (κ1) is 18.8. The van der Waals surface area contributed by atoms with Crippen molar-refractivity contribution >= 4 is 23.6 Å². The number of amides is 1. The van der Waals surface area contributed by atoms with Crippen LogP contribution in [0.4, 0.5) is 4.39 Å². The topological polar surface area (TPSA) is 118 Å². The molecule has 0 atom stereocenters. The number of thioether (sulfide) groups is 1. The van der Waals surface area contributed by atoms with Crippen molar-refractivity contribution in [3.8, 4) is 6.19 Å². The van der Waals surface area contributed by atoms with Gasteiger partial charge in [0.1, 0.15) is 0 Å². The second-order valence-corrected chi connectivity index (χ2v) is 5.51. The summed E-state index contributed by atoms with van der Waals surface area (Å²) in [7, 11) is 0. The van der Waals surface area contributed by atoms with Crippen LogP contribution < -0.4 is 16.0 Å². The molecular formula is C13H20FN7OS. The standard InChI is InChI=1S/C13H20FN7OS/c1-10-11(21-9-20-10)7-23-5-4-18-13(19-8-15)17-3-2-16-12(22)6-14/h9H,2-7H2,1H3,(H,16,22)(H,20,21)(H2,17,18,19). The van der Waals surface area contributed by atoms with Crippen molar-refractivity contribution in [3.63, 3.8) is 0 Å². The number of rotatable bonds is 9. The number of nitriles is 1. The van der Waals surface area contributed by atoms with Crippen molar-refractivity contribution in [1.82, 2.24) is 25.9 Å². The van der Waals surface area contributed by atoms with Crippen molar-refractivity contribution in [1.29, 1.82) is 5.26 Å². The molecule has 0 aliphatic carbocycles. The van der Waals surface area contributed by atoms with Gasteiger partial charge in [0, 0.05) is 30.3 Å². The van der Waals surface area contributed by atoms with Gasteiger partial charge >= 0.3 is 0 Å². The molecule has 0 saturated carbocycles. The molecule has 0 aliphatic heterocycles. The maximum Gasteiger partial charge on any atom is 0.251 e. The highest BCUT2D eigenvalue weighted by Crippen LogP contribution is 2.11. The molecule has 23 heavy (non-hydrogen) atoms. The molecule has 0 aliphatic rings. The Morgan fingerprint density at radius 1 is 1.52 bits per heavy atom. The van der Waals surface area contributed by atoms with Gasteiger partial charge in [-0.15, -0.1) is 0 Å². The van der Waals surface area contributed by atoms with Gasteiger partial charge in [0.25, 0.3) is 5.91 Å². The quantitative estimate of drug-likeness (QED) is 0.166. The minimum absolute atomic E-state index is 0.252. The van der Waals surface area contributed by atoms with Crippen LogP contribution in [-0.4, -0.2) is 53.9 Å². The van der Waals surface area contributed by atoms with Crippen LogP contribution in [-0.2, 0) is 10.5 Å². The highest BCUT2D eigenvalue weighted by molar-refractivity contribution is 7.98. The molecule has 0 bridgehead atoms. The zero-order chi connectivity index (χ0) is 16.9. The number of guanidine groups is 1. The first-order valence-electron chi connectivity index (χ1n) is 7.00. The van der Waals surface area contributed by atoms with E-state index in [1.54, 1.807) is 24.3 Å². The first-order chi connectivity index (χ1) is 11.2. The molecule has 1 rings (SSSR count). The van der Waals surface area contributed by atoms with E-state index in [1.807, 2.05) is 6.92 Å². The minimum atomic E-state index is -1.04. The number of alkyl halides is 1. The first-order valence-corrected chi connectivity index (χ1v) is 8.15. The molecule has 1 amide bonds. The van der Waals surface area contributed by atoms with E-state index in [1.165, 1.54) is 0 Å². The van der Waals surface area contributed by atoms with Crippen LogP contribution in [0, 0.1) is 18.4 Å².